The molecule has 10 heteroatoms. The predicted molar refractivity (Wildman–Crippen MR) is 57.9 cm³/mol. The fraction of sp³-hybridized carbons (Fsp3) is 0.222. The average molecular weight is 385 g/mol. The number of carbonyl (C=O) groups is 1. The number of nitrogens with two attached hydrogens (primary N) is 1. The van der Waals surface area contributed by atoms with Crippen molar-refractivity contribution >= 4 is 16.4 Å². The van der Waals surface area contributed by atoms with Crippen LogP contribution in [0.3, 0.4) is 0 Å². The minimum absolute atomic E-state index is 0. The fourth-order valence-corrected chi connectivity index (χ4v) is 0.973. The third-order valence-electron chi connectivity index (χ3n) is 1.71. The molecule has 8 nitrogen and oxygen atoms in total. The van der Waals surface area contributed by atoms with Gasteiger partial charge in [-0.3, -0.25) is 13.2 Å². The van der Waals surface area contributed by atoms with E-state index < -0.39 is 22.4 Å². The molecule has 0 amide bonds. The van der Waals surface area contributed by atoms with Crippen molar-refractivity contribution in [2.24, 2.45) is 5.73 Å². The number of rotatable bonds is 3. The Morgan fingerprint density at radius 3 is 1.95 bits per heavy atom. The second-order valence-corrected chi connectivity index (χ2v) is 4.04. The van der Waals surface area contributed by atoms with Crippen LogP contribution in [0, 0.1) is 0 Å². The fourth-order valence-electron chi connectivity index (χ4n) is 0.973. The molecule has 111 valence electrons. The first kappa shape index (κ1) is 20.4. The first-order valence-corrected chi connectivity index (χ1v) is 5.86. The summed E-state index contributed by atoms with van der Waals surface area (Å²) in [4.78, 5) is 10.4. The van der Waals surface area contributed by atoms with Gasteiger partial charge in [0, 0.05) is 10.4 Å². The number of aliphatic carboxylic acids is 1. The molecule has 0 aliphatic rings. The molecule has 0 bridgehead atoms. The molecule has 0 saturated heterocycles. The van der Waals surface area contributed by atoms with Gasteiger partial charge >= 0.3 is 28.3 Å². The van der Waals surface area contributed by atoms with Crippen molar-refractivity contribution in [1.29, 1.82) is 0 Å². The Hall–Kier alpha value is -0.940. The summed E-state index contributed by atoms with van der Waals surface area (Å²) in [6.07, 6.45) is 0.273. The number of carboxylic acids is 1. The van der Waals surface area contributed by atoms with Crippen molar-refractivity contribution < 1.29 is 54.9 Å². The van der Waals surface area contributed by atoms with E-state index in [-0.39, 0.29) is 34.6 Å². The zero-order chi connectivity index (χ0) is 14.3. The molecule has 1 atom stereocenters. The Kier molecular flexibility index (Phi) is 9.70. The van der Waals surface area contributed by atoms with Gasteiger partial charge in [-0.1, -0.05) is 12.1 Å². The van der Waals surface area contributed by atoms with Crippen molar-refractivity contribution in [3.8, 4) is 5.75 Å². The van der Waals surface area contributed by atoms with Crippen molar-refractivity contribution in [3.05, 3.63) is 29.8 Å². The third kappa shape index (κ3) is 13.3. The van der Waals surface area contributed by atoms with Crippen LogP contribution >= 0.6 is 0 Å². The molecular formula is C9H11AgNO7S. The maximum atomic E-state index is 10.4. The summed E-state index contributed by atoms with van der Waals surface area (Å²) >= 11 is 0. The van der Waals surface area contributed by atoms with Crippen LogP contribution in [-0.4, -0.2) is 39.7 Å². The Balaban J connectivity index is 0. The second-order valence-electron chi connectivity index (χ2n) is 3.22. The van der Waals surface area contributed by atoms with Gasteiger partial charge in [-0.2, -0.15) is 0 Å². The van der Waals surface area contributed by atoms with Crippen molar-refractivity contribution in [3.63, 3.8) is 0 Å². The van der Waals surface area contributed by atoms with E-state index in [4.69, 9.17) is 33.5 Å². The first-order chi connectivity index (χ1) is 8.09. The largest absolute Gasteiger partial charge is 2.00 e. The van der Waals surface area contributed by atoms with Crippen molar-refractivity contribution in [2.75, 3.05) is 0 Å². The summed E-state index contributed by atoms with van der Waals surface area (Å²) in [6, 6.07) is 5.42. The molecular weight excluding hydrogens is 374 g/mol. The van der Waals surface area contributed by atoms with E-state index in [1.165, 1.54) is 12.1 Å². The number of benzene rings is 1. The van der Waals surface area contributed by atoms with Crippen LogP contribution in [0.25, 0.3) is 0 Å². The average Bonchev–Trinajstić information content (AvgIpc) is 2.18. The van der Waals surface area contributed by atoms with Crippen LogP contribution in [-0.2, 0) is 44.0 Å². The molecule has 1 aromatic carbocycles. The number of carboxylic acid groups (broad SMARTS) is 1. The molecule has 0 heterocycles. The van der Waals surface area contributed by atoms with E-state index in [0.717, 1.165) is 5.56 Å². The summed E-state index contributed by atoms with van der Waals surface area (Å²) < 4.78 is 34.1. The second kappa shape index (κ2) is 9.04. The van der Waals surface area contributed by atoms with Gasteiger partial charge in [0.15, 0.2) is 0 Å². The Bertz CT molecular complexity index is 480. The van der Waals surface area contributed by atoms with Gasteiger partial charge in [-0.15, -0.1) is 0 Å². The molecule has 0 aromatic heterocycles. The van der Waals surface area contributed by atoms with Crippen LogP contribution < -0.4 is 5.73 Å². The summed E-state index contributed by atoms with van der Waals surface area (Å²) in [5.74, 6) is -0.860. The summed E-state index contributed by atoms with van der Waals surface area (Å²) in [5, 5.41) is 17.5. The van der Waals surface area contributed by atoms with Crippen molar-refractivity contribution in [1.82, 2.24) is 0 Å². The predicted octanol–water partition coefficient (Wildman–Crippen LogP) is -0.994. The van der Waals surface area contributed by atoms with E-state index in [1.807, 2.05) is 0 Å². The van der Waals surface area contributed by atoms with E-state index in [9.17, 15) is 4.79 Å². The Labute approximate surface area is 125 Å². The summed E-state index contributed by atoms with van der Waals surface area (Å²) in [7, 11) is -5.17. The number of aromatic hydroxyl groups is 1. The maximum absolute atomic E-state index is 10.4. The molecule has 0 saturated carbocycles. The number of phenols is 1. The standard InChI is InChI=1S/C9H11NO3.Ag.H2O4S/c10-8(9(12)13)5-6-1-3-7(11)4-2-6;;1-5(2,3)4/h1-4,8,11H,5,10H2,(H,12,13);;(H2,1,2,3,4)/q;+2;/p-2/t8-;;/m0../s1. The molecule has 1 rings (SSSR count). The Morgan fingerprint density at radius 2 is 1.63 bits per heavy atom. The third-order valence-corrected chi connectivity index (χ3v) is 1.71. The minimum Gasteiger partial charge on any atom is -0.759 e. The maximum Gasteiger partial charge on any atom is 2.00 e. The van der Waals surface area contributed by atoms with Crippen LogP contribution in [0.1, 0.15) is 5.56 Å². The van der Waals surface area contributed by atoms with Gasteiger partial charge in [0.25, 0.3) is 0 Å². The van der Waals surface area contributed by atoms with E-state index in [1.54, 1.807) is 12.1 Å². The number of hydrogen-bond acceptors (Lipinski definition) is 7. The molecule has 0 spiro atoms. The van der Waals surface area contributed by atoms with Crippen LogP contribution in [0.4, 0.5) is 0 Å². The van der Waals surface area contributed by atoms with Crippen molar-refractivity contribution in [2.45, 2.75) is 12.5 Å². The SMILES string of the molecule is N[C@@H](Cc1ccc(O)cc1)C(=O)O.O=S(=O)([O-])[O-].[Ag+2]. The van der Waals surface area contributed by atoms with Gasteiger partial charge in [0.2, 0.25) is 0 Å². The normalized spacial score (nSPS) is 11.5. The molecule has 4 N–H and O–H groups in total. The van der Waals surface area contributed by atoms with Crippen LogP contribution in [0.2, 0.25) is 0 Å². The number of phenolic OH excluding ortho intramolecular Hbond substituents is 1. The monoisotopic (exact) mass is 384 g/mol. The number of hydrogen-bond donors (Lipinski definition) is 3. The van der Waals surface area contributed by atoms with E-state index in [2.05, 4.69) is 0 Å². The molecule has 0 fully saturated rings. The zero-order valence-electron chi connectivity index (χ0n) is 9.32. The van der Waals surface area contributed by atoms with Crippen LogP contribution in [0.5, 0.6) is 5.75 Å². The molecule has 1 radical (unpaired) electrons. The minimum atomic E-state index is -5.17. The topological polar surface area (TPSA) is 164 Å². The van der Waals surface area contributed by atoms with Gasteiger partial charge in [0.05, 0.1) is 0 Å². The zero-order valence-corrected chi connectivity index (χ0v) is 11.6. The Morgan fingerprint density at radius 1 is 1.26 bits per heavy atom. The van der Waals surface area contributed by atoms with Gasteiger partial charge in [0.1, 0.15) is 11.8 Å². The molecule has 0 aliphatic carbocycles. The molecule has 0 aliphatic heterocycles. The summed E-state index contributed by atoms with van der Waals surface area (Å²) in [5.41, 5.74) is 6.12. The first-order valence-electron chi connectivity index (χ1n) is 4.52. The van der Waals surface area contributed by atoms with Gasteiger partial charge in [-0.05, 0) is 24.1 Å². The van der Waals surface area contributed by atoms with Gasteiger partial charge < -0.3 is 25.1 Å². The summed E-state index contributed by atoms with van der Waals surface area (Å²) in [6.45, 7) is 0. The van der Waals surface area contributed by atoms with E-state index >= 15 is 0 Å². The molecule has 19 heavy (non-hydrogen) atoms. The molecule has 1 aromatic rings. The quantitative estimate of drug-likeness (QED) is 0.339. The molecule has 0 unspecified atom stereocenters. The van der Waals surface area contributed by atoms with Crippen LogP contribution in [0.15, 0.2) is 24.3 Å². The van der Waals surface area contributed by atoms with Gasteiger partial charge in [-0.25, -0.2) is 0 Å². The smallest absolute Gasteiger partial charge is 0.759 e. The van der Waals surface area contributed by atoms with E-state index in [0.29, 0.717) is 0 Å².